The molecule has 0 aromatic heterocycles. The van der Waals surface area contributed by atoms with Crippen molar-refractivity contribution in [3.05, 3.63) is 53.1 Å². The number of hydrogen-bond donors (Lipinski definition) is 1. The minimum atomic E-state index is 0.596. The van der Waals surface area contributed by atoms with E-state index in [1.807, 2.05) is 0 Å². The van der Waals surface area contributed by atoms with Crippen LogP contribution >= 0.6 is 0 Å². The van der Waals surface area contributed by atoms with Gasteiger partial charge in [0, 0.05) is 11.7 Å². The molecule has 1 aliphatic heterocycles. The molecule has 0 saturated heterocycles. The fourth-order valence-corrected chi connectivity index (χ4v) is 2.87. The van der Waals surface area contributed by atoms with Crippen molar-refractivity contribution >= 4 is 5.69 Å². The Morgan fingerprint density at radius 3 is 2.74 bits per heavy atom. The quantitative estimate of drug-likeness (QED) is 0.773. The summed E-state index contributed by atoms with van der Waals surface area (Å²) >= 11 is 0. The summed E-state index contributed by atoms with van der Waals surface area (Å²) in [6.07, 6.45) is 2.41. The molecule has 1 aliphatic rings. The molecule has 1 unspecified atom stereocenters. The van der Waals surface area contributed by atoms with Crippen LogP contribution in [0.25, 0.3) is 11.1 Å². The summed E-state index contributed by atoms with van der Waals surface area (Å²) in [6.45, 7) is 6.60. The minimum Gasteiger partial charge on any atom is -0.382 e. The highest BCUT2D eigenvalue weighted by Crippen LogP contribution is 2.31. The average molecular weight is 251 g/mol. The van der Waals surface area contributed by atoms with Gasteiger partial charge in [-0.2, -0.15) is 0 Å². The average Bonchev–Trinajstić information content (AvgIpc) is 2.41. The maximum absolute atomic E-state index is 3.56. The molecule has 3 rings (SSSR count). The normalized spacial score (nSPS) is 17.7. The molecule has 0 amide bonds. The lowest BCUT2D eigenvalue weighted by Crippen LogP contribution is -2.21. The Balaban J connectivity index is 2.05. The van der Waals surface area contributed by atoms with E-state index in [0.29, 0.717) is 6.04 Å². The van der Waals surface area contributed by atoms with Gasteiger partial charge in [0.15, 0.2) is 0 Å². The number of nitrogens with one attached hydrogen (secondary N) is 1. The van der Waals surface area contributed by atoms with Crippen molar-refractivity contribution in [1.29, 1.82) is 0 Å². The first-order valence-electron chi connectivity index (χ1n) is 7.10. The zero-order valence-corrected chi connectivity index (χ0v) is 12.0. The van der Waals surface area contributed by atoms with Crippen molar-refractivity contribution in [2.24, 2.45) is 0 Å². The predicted octanol–water partition coefficient (Wildman–Crippen LogP) is 4.72. The van der Waals surface area contributed by atoms with Crippen LogP contribution < -0.4 is 5.32 Å². The Hall–Kier alpha value is -1.76. The first-order valence-corrected chi connectivity index (χ1v) is 7.10. The second-order valence-corrected chi connectivity index (χ2v) is 5.77. The van der Waals surface area contributed by atoms with Gasteiger partial charge in [0.25, 0.3) is 0 Å². The van der Waals surface area contributed by atoms with Crippen LogP contribution in [0.4, 0.5) is 5.69 Å². The molecule has 0 spiro atoms. The van der Waals surface area contributed by atoms with Crippen LogP contribution in [0.2, 0.25) is 0 Å². The molecule has 0 radical (unpaired) electrons. The molecule has 1 nitrogen and oxygen atoms in total. The van der Waals surface area contributed by atoms with Gasteiger partial charge >= 0.3 is 0 Å². The number of rotatable bonds is 1. The van der Waals surface area contributed by atoms with Gasteiger partial charge in [-0.05, 0) is 68.0 Å². The summed E-state index contributed by atoms with van der Waals surface area (Å²) < 4.78 is 0. The van der Waals surface area contributed by atoms with Crippen LogP contribution in [0.3, 0.4) is 0 Å². The lowest BCUT2D eigenvalue weighted by molar-refractivity contribution is 0.681. The lowest BCUT2D eigenvalue weighted by atomic mass is 9.92. The summed E-state index contributed by atoms with van der Waals surface area (Å²) in [6, 6.07) is 14.1. The Bertz CT molecular complexity index is 613. The van der Waals surface area contributed by atoms with Crippen LogP contribution in [-0.2, 0) is 6.42 Å². The maximum Gasteiger partial charge on any atom is 0.0375 e. The molecule has 0 fully saturated rings. The summed E-state index contributed by atoms with van der Waals surface area (Å²) in [5.74, 6) is 0. The van der Waals surface area contributed by atoms with E-state index in [1.54, 1.807) is 0 Å². The monoisotopic (exact) mass is 251 g/mol. The van der Waals surface area contributed by atoms with E-state index in [2.05, 4.69) is 62.5 Å². The molecule has 2 aromatic carbocycles. The lowest BCUT2D eigenvalue weighted by Gasteiger charge is -2.24. The number of aryl methyl sites for hydroxylation is 3. The second-order valence-electron chi connectivity index (χ2n) is 5.77. The van der Waals surface area contributed by atoms with Crippen LogP contribution in [0.15, 0.2) is 36.4 Å². The summed E-state index contributed by atoms with van der Waals surface area (Å²) in [5, 5.41) is 3.56. The molecule has 0 saturated carbocycles. The number of fused-ring (bicyclic) bond motifs is 1. The fraction of sp³-hybridized carbons (Fsp3) is 0.333. The molecule has 19 heavy (non-hydrogen) atoms. The van der Waals surface area contributed by atoms with Crippen LogP contribution in [0, 0.1) is 13.8 Å². The van der Waals surface area contributed by atoms with Crippen LogP contribution in [0.5, 0.6) is 0 Å². The molecule has 1 N–H and O–H groups in total. The van der Waals surface area contributed by atoms with Gasteiger partial charge in [0.05, 0.1) is 0 Å². The highest BCUT2D eigenvalue weighted by molar-refractivity contribution is 5.72. The van der Waals surface area contributed by atoms with Gasteiger partial charge in [-0.15, -0.1) is 0 Å². The third kappa shape index (κ3) is 2.37. The zero-order valence-electron chi connectivity index (χ0n) is 12.0. The molecule has 0 aliphatic carbocycles. The number of benzene rings is 2. The van der Waals surface area contributed by atoms with E-state index >= 15 is 0 Å². The van der Waals surface area contributed by atoms with Gasteiger partial charge in [0.1, 0.15) is 0 Å². The van der Waals surface area contributed by atoms with E-state index in [1.165, 1.54) is 46.3 Å². The summed E-state index contributed by atoms with van der Waals surface area (Å²) in [4.78, 5) is 0. The first kappa shape index (κ1) is 12.3. The Labute approximate surface area is 115 Å². The van der Waals surface area contributed by atoms with Crippen molar-refractivity contribution < 1.29 is 0 Å². The molecule has 98 valence electrons. The zero-order chi connectivity index (χ0) is 13.4. The smallest absolute Gasteiger partial charge is 0.0375 e. The van der Waals surface area contributed by atoms with Crippen molar-refractivity contribution in [2.45, 2.75) is 39.7 Å². The third-order valence-electron chi connectivity index (χ3n) is 4.06. The number of hydrogen-bond acceptors (Lipinski definition) is 1. The van der Waals surface area contributed by atoms with E-state index in [0.717, 1.165) is 0 Å². The predicted molar refractivity (Wildman–Crippen MR) is 82.8 cm³/mol. The van der Waals surface area contributed by atoms with Gasteiger partial charge in [-0.25, -0.2) is 0 Å². The maximum atomic E-state index is 3.56. The first-order chi connectivity index (χ1) is 9.13. The highest BCUT2D eigenvalue weighted by Gasteiger charge is 2.14. The molecule has 2 aromatic rings. The van der Waals surface area contributed by atoms with Crippen molar-refractivity contribution in [3.8, 4) is 11.1 Å². The van der Waals surface area contributed by atoms with Crippen molar-refractivity contribution in [3.63, 3.8) is 0 Å². The largest absolute Gasteiger partial charge is 0.382 e. The van der Waals surface area contributed by atoms with Crippen molar-refractivity contribution in [2.75, 3.05) is 5.32 Å². The SMILES string of the molecule is Cc1ccc(C)c(-c2ccc3c(c2)CCC(C)N3)c1. The van der Waals surface area contributed by atoms with Gasteiger partial charge in [0.2, 0.25) is 0 Å². The van der Waals surface area contributed by atoms with Crippen molar-refractivity contribution in [1.82, 2.24) is 0 Å². The van der Waals surface area contributed by atoms with Gasteiger partial charge in [-0.3, -0.25) is 0 Å². The fourth-order valence-electron chi connectivity index (χ4n) is 2.87. The minimum absolute atomic E-state index is 0.596. The second kappa shape index (κ2) is 4.73. The van der Waals surface area contributed by atoms with Gasteiger partial charge < -0.3 is 5.32 Å². The standard InChI is InChI=1S/C18H21N/c1-12-4-5-13(2)17(10-12)15-8-9-18-16(11-15)7-6-14(3)19-18/h4-5,8-11,14,19H,6-7H2,1-3H3. The summed E-state index contributed by atoms with van der Waals surface area (Å²) in [7, 11) is 0. The van der Waals surface area contributed by atoms with Crippen LogP contribution in [0.1, 0.15) is 30.0 Å². The Kier molecular flexibility index (Phi) is 3.06. The number of anilines is 1. The Morgan fingerprint density at radius 1 is 1.05 bits per heavy atom. The van der Waals surface area contributed by atoms with E-state index in [-0.39, 0.29) is 0 Å². The van der Waals surface area contributed by atoms with E-state index < -0.39 is 0 Å². The summed E-state index contributed by atoms with van der Waals surface area (Å²) in [5.41, 5.74) is 8.15. The van der Waals surface area contributed by atoms with E-state index in [9.17, 15) is 0 Å². The van der Waals surface area contributed by atoms with E-state index in [4.69, 9.17) is 0 Å². The van der Waals surface area contributed by atoms with Gasteiger partial charge in [-0.1, -0.05) is 29.8 Å². The van der Waals surface area contributed by atoms with Crippen LogP contribution in [-0.4, -0.2) is 6.04 Å². The molecule has 1 heterocycles. The Morgan fingerprint density at radius 2 is 1.89 bits per heavy atom. The molecule has 1 heteroatoms. The third-order valence-corrected chi connectivity index (χ3v) is 4.06. The highest BCUT2D eigenvalue weighted by atomic mass is 14.9. The molecule has 1 atom stereocenters. The topological polar surface area (TPSA) is 12.0 Å². The molecular weight excluding hydrogens is 230 g/mol. The molecule has 0 bridgehead atoms. The molecular formula is C18H21N.